The molecule has 0 unspecified atom stereocenters. The van der Waals surface area contributed by atoms with Crippen LogP contribution in [0.3, 0.4) is 0 Å². The van der Waals surface area contributed by atoms with E-state index in [-0.39, 0.29) is 24.1 Å². The summed E-state index contributed by atoms with van der Waals surface area (Å²) < 4.78 is 9.14. The number of ether oxygens (including phenoxy) is 1. The zero-order valence-corrected chi connectivity index (χ0v) is 15.5. The molecule has 0 saturated carbocycles. The van der Waals surface area contributed by atoms with Crippen LogP contribution in [0, 0.1) is 6.92 Å². The fourth-order valence-corrected chi connectivity index (χ4v) is 3.40. The molecule has 1 atom stereocenters. The van der Waals surface area contributed by atoms with Crippen LogP contribution in [-0.2, 0) is 6.54 Å². The van der Waals surface area contributed by atoms with Crippen LogP contribution in [0.4, 0.5) is 5.95 Å². The molecule has 1 aliphatic heterocycles. The quantitative estimate of drug-likeness (QED) is 0.657. The van der Waals surface area contributed by atoms with Gasteiger partial charge in [0.15, 0.2) is 0 Å². The van der Waals surface area contributed by atoms with Gasteiger partial charge >= 0.3 is 5.97 Å². The average molecular weight is 381 g/mol. The van der Waals surface area contributed by atoms with Gasteiger partial charge in [0.05, 0.1) is 22.8 Å². The molecule has 3 aromatic rings. The smallest absolute Gasteiger partial charge is 0.335 e. The Hall–Kier alpha value is -3.62. The molecular weight excluding hydrogens is 362 g/mol. The van der Waals surface area contributed by atoms with Gasteiger partial charge in [-0.3, -0.25) is 19.4 Å². The lowest BCUT2D eigenvalue weighted by atomic mass is 10.1. The van der Waals surface area contributed by atoms with Crippen molar-refractivity contribution in [3.63, 3.8) is 0 Å². The lowest BCUT2D eigenvalue weighted by Crippen LogP contribution is -2.25. The monoisotopic (exact) mass is 381 g/mol. The number of nitrogens with zero attached hydrogens (tertiary/aromatic N) is 4. The molecule has 0 radical (unpaired) electrons. The van der Waals surface area contributed by atoms with E-state index in [0.717, 1.165) is 5.69 Å². The molecule has 1 aromatic carbocycles. The van der Waals surface area contributed by atoms with Crippen LogP contribution in [0.25, 0.3) is 11.0 Å². The van der Waals surface area contributed by atoms with Crippen LogP contribution in [0.5, 0.6) is 5.75 Å². The number of nitrogens with one attached hydrogen (secondary N) is 1. The van der Waals surface area contributed by atoms with Crippen LogP contribution >= 0.6 is 0 Å². The number of benzene rings is 1. The number of carbonyl (C=O) groups excluding carboxylic acids is 1. The molecule has 1 amide bonds. The predicted molar refractivity (Wildman–Crippen MR) is 102 cm³/mol. The second-order valence-electron chi connectivity index (χ2n) is 6.51. The molecule has 0 fully saturated rings. The number of carboxylic acids is 1. The summed E-state index contributed by atoms with van der Waals surface area (Å²) in [5.74, 6) is -0.702. The summed E-state index contributed by atoms with van der Waals surface area (Å²) in [5.41, 5.74) is 2.29. The first kappa shape index (κ1) is 17.8. The molecule has 0 bridgehead atoms. The molecule has 0 aliphatic carbocycles. The average Bonchev–Trinajstić information content (AvgIpc) is 3.23. The zero-order chi connectivity index (χ0) is 20.0. The normalized spacial score (nSPS) is 15.3. The minimum Gasteiger partial charge on any atom is -0.489 e. The minimum absolute atomic E-state index is 0.0711. The van der Waals surface area contributed by atoms with Gasteiger partial charge in [0, 0.05) is 6.54 Å². The highest BCUT2D eigenvalue weighted by atomic mass is 16.5. The third-order valence-electron chi connectivity index (χ3n) is 4.67. The maximum Gasteiger partial charge on any atom is 0.335 e. The van der Waals surface area contributed by atoms with Crippen LogP contribution in [0.2, 0.25) is 0 Å². The first-order valence-corrected chi connectivity index (χ1v) is 8.83. The first-order chi connectivity index (χ1) is 13.4. The fraction of sp³-hybridized carbons (Fsp3) is 0.263. The van der Waals surface area contributed by atoms with Crippen LogP contribution < -0.4 is 10.1 Å². The summed E-state index contributed by atoms with van der Waals surface area (Å²) in [4.78, 5) is 28.7. The summed E-state index contributed by atoms with van der Waals surface area (Å²) >= 11 is 0. The topological polar surface area (TPSA) is 111 Å². The van der Waals surface area contributed by atoms with Crippen molar-refractivity contribution >= 4 is 28.9 Å². The third kappa shape index (κ3) is 2.72. The van der Waals surface area contributed by atoms with Crippen LogP contribution in [-0.4, -0.2) is 42.9 Å². The Balaban J connectivity index is 1.83. The Labute approximate surface area is 160 Å². The molecule has 3 heterocycles. The second kappa shape index (κ2) is 6.52. The summed E-state index contributed by atoms with van der Waals surface area (Å²) in [6, 6.07) is 4.38. The molecular formula is C19H19N5O4. The standard InChI is InChI=1S/C19H19N5O4/c1-4-12-9-28-15-8-11(18(26)27)7-13-16(15)24(12)19(20-13)21-17(25)14-6-10(3)22-23(14)5-2/h4,6-8,12H,1,5,9H2,2-3H3,(H,26,27)(H,20,21,25)/t12-/m0/s1. The van der Waals surface area contributed by atoms with Crippen molar-refractivity contribution in [2.24, 2.45) is 0 Å². The van der Waals surface area contributed by atoms with E-state index in [9.17, 15) is 14.7 Å². The Morgan fingerprint density at radius 3 is 2.89 bits per heavy atom. The highest BCUT2D eigenvalue weighted by Gasteiger charge is 2.28. The van der Waals surface area contributed by atoms with Crippen molar-refractivity contribution < 1.29 is 19.4 Å². The van der Waals surface area contributed by atoms with E-state index in [2.05, 4.69) is 22.0 Å². The van der Waals surface area contributed by atoms with E-state index in [1.54, 1.807) is 16.8 Å². The number of hydrogen-bond donors (Lipinski definition) is 2. The van der Waals surface area contributed by atoms with Gasteiger partial charge in [0.1, 0.15) is 23.6 Å². The van der Waals surface area contributed by atoms with E-state index in [1.165, 1.54) is 12.1 Å². The highest BCUT2D eigenvalue weighted by molar-refractivity contribution is 6.04. The van der Waals surface area contributed by atoms with E-state index in [4.69, 9.17) is 4.74 Å². The van der Waals surface area contributed by atoms with Gasteiger partial charge in [-0.2, -0.15) is 5.10 Å². The van der Waals surface area contributed by atoms with Gasteiger partial charge in [0.25, 0.3) is 5.91 Å². The van der Waals surface area contributed by atoms with Crippen molar-refractivity contribution in [1.82, 2.24) is 19.3 Å². The Kier molecular flexibility index (Phi) is 4.14. The van der Waals surface area contributed by atoms with Gasteiger partial charge < -0.3 is 9.84 Å². The number of carboxylic acid groups (broad SMARTS) is 1. The zero-order valence-electron chi connectivity index (χ0n) is 15.5. The fourth-order valence-electron chi connectivity index (χ4n) is 3.40. The molecule has 1 aliphatic rings. The van der Waals surface area contributed by atoms with Gasteiger partial charge in [-0.15, -0.1) is 6.58 Å². The van der Waals surface area contributed by atoms with Crippen molar-refractivity contribution in [1.29, 1.82) is 0 Å². The molecule has 9 heteroatoms. The van der Waals surface area contributed by atoms with E-state index >= 15 is 0 Å². The largest absolute Gasteiger partial charge is 0.489 e. The number of amides is 1. The molecule has 2 aromatic heterocycles. The number of anilines is 1. The minimum atomic E-state index is -1.07. The number of aromatic carboxylic acids is 1. The third-order valence-corrected chi connectivity index (χ3v) is 4.67. The summed E-state index contributed by atoms with van der Waals surface area (Å²) in [5, 5.41) is 16.4. The number of carbonyl (C=O) groups is 2. The predicted octanol–water partition coefficient (Wildman–Crippen LogP) is 2.63. The molecule has 0 saturated heterocycles. The Morgan fingerprint density at radius 1 is 1.43 bits per heavy atom. The van der Waals surface area contributed by atoms with Crippen LogP contribution in [0.1, 0.15) is 39.5 Å². The summed E-state index contributed by atoms with van der Waals surface area (Å²) in [6.07, 6.45) is 1.70. The second-order valence-corrected chi connectivity index (χ2v) is 6.51. The molecule has 9 nitrogen and oxygen atoms in total. The van der Waals surface area contributed by atoms with Gasteiger partial charge in [-0.1, -0.05) is 6.08 Å². The Morgan fingerprint density at radius 2 is 2.21 bits per heavy atom. The maximum absolute atomic E-state index is 12.8. The lowest BCUT2D eigenvalue weighted by molar-refractivity contribution is 0.0696. The Bertz CT molecular complexity index is 1130. The molecule has 28 heavy (non-hydrogen) atoms. The number of aromatic nitrogens is 4. The highest BCUT2D eigenvalue weighted by Crippen LogP contribution is 2.37. The van der Waals surface area contributed by atoms with E-state index < -0.39 is 5.97 Å². The number of hydrogen-bond acceptors (Lipinski definition) is 5. The first-order valence-electron chi connectivity index (χ1n) is 8.83. The number of aryl methyl sites for hydroxylation is 2. The molecule has 144 valence electrons. The van der Waals surface area contributed by atoms with Gasteiger partial charge in [0.2, 0.25) is 5.95 Å². The number of imidazole rings is 1. The number of rotatable bonds is 5. The molecule has 0 spiro atoms. The van der Waals surface area contributed by atoms with Crippen molar-refractivity contribution in [3.8, 4) is 5.75 Å². The summed E-state index contributed by atoms with van der Waals surface area (Å²) in [7, 11) is 0. The van der Waals surface area contributed by atoms with E-state index in [0.29, 0.717) is 35.0 Å². The molecule has 2 N–H and O–H groups in total. The lowest BCUT2D eigenvalue weighted by Gasteiger charge is -2.25. The van der Waals surface area contributed by atoms with Crippen molar-refractivity contribution in [2.45, 2.75) is 26.4 Å². The SMILES string of the molecule is C=C[C@H]1COc2cc(C(=O)O)cc3nc(NC(=O)c4cc(C)nn4CC)n1c23. The van der Waals surface area contributed by atoms with E-state index in [1.807, 2.05) is 18.4 Å². The van der Waals surface area contributed by atoms with Gasteiger partial charge in [-0.05, 0) is 32.0 Å². The van der Waals surface area contributed by atoms with Crippen molar-refractivity contribution in [2.75, 3.05) is 11.9 Å². The summed E-state index contributed by atoms with van der Waals surface area (Å²) in [6.45, 7) is 8.38. The van der Waals surface area contributed by atoms with Gasteiger partial charge in [-0.25, -0.2) is 9.78 Å². The van der Waals surface area contributed by atoms with Crippen molar-refractivity contribution in [3.05, 3.63) is 47.8 Å². The maximum atomic E-state index is 12.8. The van der Waals surface area contributed by atoms with Crippen LogP contribution in [0.15, 0.2) is 30.9 Å². The molecule has 4 rings (SSSR count).